The quantitative estimate of drug-likeness (QED) is 0.551. The SMILES string of the molecule is c1cc2c3c(c1)Cc1cccc(c1-3)COC2. The van der Waals surface area contributed by atoms with Gasteiger partial charge in [0.05, 0.1) is 13.2 Å². The summed E-state index contributed by atoms with van der Waals surface area (Å²) in [5.74, 6) is 0. The van der Waals surface area contributed by atoms with Crippen molar-refractivity contribution in [3.05, 3.63) is 58.7 Å². The second kappa shape index (κ2) is 2.96. The van der Waals surface area contributed by atoms with E-state index < -0.39 is 0 Å². The molecule has 0 unspecified atom stereocenters. The van der Waals surface area contributed by atoms with Gasteiger partial charge in [-0.2, -0.15) is 0 Å². The van der Waals surface area contributed by atoms with E-state index in [1.54, 1.807) is 0 Å². The summed E-state index contributed by atoms with van der Waals surface area (Å²) in [6.07, 6.45) is 1.09. The third-order valence-corrected chi connectivity index (χ3v) is 3.62. The van der Waals surface area contributed by atoms with Crippen molar-refractivity contribution in [3.63, 3.8) is 0 Å². The normalized spacial score (nSPS) is 15.8. The lowest BCUT2D eigenvalue weighted by molar-refractivity contribution is 0.109. The Morgan fingerprint density at radius 3 is 1.75 bits per heavy atom. The molecule has 0 radical (unpaired) electrons. The third-order valence-electron chi connectivity index (χ3n) is 3.62. The van der Waals surface area contributed by atoms with Gasteiger partial charge in [-0.05, 0) is 39.8 Å². The summed E-state index contributed by atoms with van der Waals surface area (Å²) in [7, 11) is 0. The van der Waals surface area contributed by atoms with Gasteiger partial charge < -0.3 is 4.74 Å². The Morgan fingerprint density at radius 1 is 0.688 bits per heavy atom. The lowest BCUT2D eigenvalue weighted by atomic mass is 9.97. The molecule has 78 valence electrons. The minimum Gasteiger partial charge on any atom is -0.372 e. The van der Waals surface area contributed by atoms with Crippen LogP contribution in [-0.2, 0) is 24.4 Å². The van der Waals surface area contributed by atoms with E-state index in [1.165, 1.54) is 33.4 Å². The third kappa shape index (κ3) is 0.987. The Morgan fingerprint density at radius 2 is 1.19 bits per heavy atom. The van der Waals surface area contributed by atoms with Gasteiger partial charge in [0, 0.05) is 0 Å². The Kier molecular flexibility index (Phi) is 1.58. The van der Waals surface area contributed by atoms with Crippen LogP contribution in [0.4, 0.5) is 0 Å². The van der Waals surface area contributed by atoms with Crippen LogP contribution in [0, 0.1) is 0 Å². The van der Waals surface area contributed by atoms with E-state index in [1.807, 2.05) is 0 Å². The Balaban J connectivity index is 2.15. The van der Waals surface area contributed by atoms with Crippen molar-refractivity contribution < 1.29 is 4.74 Å². The molecular weight excluding hydrogens is 196 g/mol. The Bertz CT molecular complexity index is 532. The van der Waals surface area contributed by atoms with E-state index in [0.717, 1.165) is 19.6 Å². The van der Waals surface area contributed by atoms with E-state index in [9.17, 15) is 0 Å². The first-order valence-corrected chi connectivity index (χ1v) is 5.73. The Labute approximate surface area is 94.7 Å². The van der Waals surface area contributed by atoms with Crippen molar-refractivity contribution in [1.29, 1.82) is 0 Å². The second-order valence-corrected chi connectivity index (χ2v) is 4.57. The molecular formula is C15H12O. The predicted molar refractivity (Wildman–Crippen MR) is 63.2 cm³/mol. The monoisotopic (exact) mass is 208 g/mol. The highest BCUT2D eigenvalue weighted by atomic mass is 16.5. The molecule has 2 aliphatic rings. The maximum atomic E-state index is 5.73. The van der Waals surface area contributed by atoms with E-state index in [2.05, 4.69) is 36.4 Å². The summed E-state index contributed by atoms with van der Waals surface area (Å²) in [6.45, 7) is 1.49. The number of rotatable bonds is 0. The van der Waals surface area contributed by atoms with Crippen molar-refractivity contribution in [1.82, 2.24) is 0 Å². The molecule has 4 rings (SSSR count). The van der Waals surface area contributed by atoms with Gasteiger partial charge in [-0.25, -0.2) is 0 Å². The van der Waals surface area contributed by atoms with E-state index in [4.69, 9.17) is 4.74 Å². The molecule has 0 N–H and O–H groups in total. The minimum atomic E-state index is 0.747. The second-order valence-electron chi connectivity index (χ2n) is 4.57. The molecule has 0 spiro atoms. The average Bonchev–Trinajstić information content (AvgIpc) is 2.57. The van der Waals surface area contributed by atoms with Gasteiger partial charge in [-0.3, -0.25) is 0 Å². The minimum absolute atomic E-state index is 0.747. The van der Waals surface area contributed by atoms with Gasteiger partial charge in [-0.1, -0.05) is 36.4 Å². The van der Waals surface area contributed by atoms with Crippen LogP contribution >= 0.6 is 0 Å². The zero-order valence-corrected chi connectivity index (χ0v) is 8.99. The van der Waals surface area contributed by atoms with Crippen LogP contribution in [0.5, 0.6) is 0 Å². The van der Waals surface area contributed by atoms with Gasteiger partial charge in [0.25, 0.3) is 0 Å². The maximum Gasteiger partial charge on any atom is 0.0727 e. The molecule has 0 aromatic heterocycles. The molecule has 0 amide bonds. The topological polar surface area (TPSA) is 9.23 Å². The summed E-state index contributed by atoms with van der Waals surface area (Å²) in [4.78, 5) is 0. The number of hydrogen-bond acceptors (Lipinski definition) is 1. The molecule has 1 aliphatic heterocycles. The highest BCUT2D eigenvalue weighted by Crippen LogP contribution is 2.43. The number of hydrogen-bond donors (Lipinski definition) is 0. The summed E-state index contributed by atoms with van der Waals surface area (Å²) < 4.78 is 5.73. The smallest absolute Gasteiger partial charge is 0.0727 e. The van der Waals surface area contributed by atoms with E-state index >= 15 is 0 Å². The van der Waals surface area contributed by atoms with Crippen LogP contribution in [0.3, 0.4) is 0 Å². The molecule has 1 aliphatic carbocycles. The van der Waals surface area contributed by atoms with Gasteiger partial charge in [0.2, 0.25) is 0 Å². The standard InChI is InChI=1S/C15H12O/c1-3-10-7-11-4-2-6-13-9-16-8-12(5-1)14(10)15(11)13/h1-6H,7-9H2. The largest absolute Gasteiger partial charge is 0.372 e. The van der Waals surface area contributed by atoms with Crippen molar-refractivity contribution >= 4 is 0 Å². The van der Waals surface area contributed by atoms with Crippen LogP contribution in [0.1, 0.15) is 22.3 Å². The zero-order valence-electron chi connectivity index (χ0n) is 8.99. The number of benzene rings is 2. The molecule has 1 nitrogen and oxygen atoms in total. The van der Waals surface area contributed by atoms with Crippen LogP contribution in [0.25, 0.3) is 11.1 Å². The fourth-order valence-electron chi connectivity index (χ4n) is 2.96. The lowest BCUT2D eigenvalue weighted by Crippen LogP contribution is -1.92. The van der Waals surface area contributed by atoms with Gasteiger partial charge in [0.1, 0.15) is 0 Å². The fourth-order valence-corrected chi connectivity index (χ4v) is 2.96. The molecule has 0 atom stereocenters. The summed E-state index contributed by atoms with van der Waals surface area (Å²) in [5.41, 5.74) is 8.52. The molecule has 1 heteroatoms. The highest BCUT2D eigenvalue weighted by Gasteiger charge is 2.25. The molecule has 2 aromatic rings. The fraction of sp³-hybridized carbons (Fsp3) is 0.200. The molecule has 0 fully saturated rings. The molecule has 0 saturated heterocycles. The average molecular weight is 208 g/mol. The predicted octanol–water partition coefficient (Wildman–Crippen LogP) is 3.29. The number of ether oxygens (including phenoxy) is 1. The molecule has 1 heterocycles. The van der Waals surface area contributed by atoms with Crippen LogP contribution in [0.2, 0.25) is 0 Å². The first-order chi connectivity index (χ1) is 7.93. The zero-order chi connectivity index (χ0) is 10.5. The molecule has 0 bridgehead atoms. The van der Waals surface area contributed by atoms with Crippen molar-refractivity contribution in [2.75, 3.05) is 0 Å². The first-order valence-electron chi connectivity index (χ1n) is 5.73. The van der Waals surface area contributed by atoms with Crippen LogP contribution in [-0.4, -0.2) is 0 Å². The molecule has 0 saturated carbocycles. The highest BCUT2D eigenvalue weighted by molar-refractivity contribution is 5.82. The van der Waals surface area contributed by atoms with Crippen LogP contribution < -0.4 is 0 Å². The van der Waals surface area contributed by atoms with Gasteiger partial charge >= 0.3 is 0 Å². The summed E-state index contributed by atoms with van der Waals surface area (Å²) in [5, 5.41) is 0. The van der Waals surface area contributed by atoms with Gasteiger partial charge in [0.15, 0.2) is 0 Å². The Hall–Kier alpha value is -1.60. The van der Waals surface area contributed by atoms with Crippen molar-refractivity contribution in [3.8, 4) is 11.1 Å². The molecule has 16 heavy (non-hydrogen) atoms. The summed E-state index contributed by atoms with van der Waals surface area (Å²) >= 11 is 0. The lowest BCUT2D eigenvalue weighted by Gasteiger charge is -2.06. The maximum absolute atomic E-state index is 5.73. The van der Waals surface area contributed by atoms with Crippen molar-refractivity contribution in [2.24, 2.45) is 0 Å². The van der Waals surface area contributed by atoms with E-state index in [-0.39, 0.29) is 0 Å². The van der Waals surface area contributed by atoms with Gasteiger partial charge in [-0.15, -0.1) is 0 Å². The van der Waals surface area contributed by atoms with Crippen LogP contribution in [0.15, 0.2) is 36.4 Å². The first kappa shape index (κ1) is 8.54. The molecule has 2 aromatic carbocycles. The van der Waals surface area contributed by atoms with E-state index in [0.29, 0.717) is 0 Å². The van der Waals surface area contributed by atoms with Crippen molar-refractivity contribution in [2.45, 2.75) is 19.6 Å². The summed E-state index contributed by atoms with van der Waals surface area (Å²) in [6, 6.07) is 13.2.